The van der Waals surface area contributed by atoms with E-state index in [0.717, 1.165) is 12.0 Å². The number of primary amides is 1. The van der Waals surface area contributed by atoms with Gasteiger partial charge in [0.05, 0.1) is 12.6 Å². The summed E-state index contributed by atoms with van der Waals surface area (Å²) in [6.45, 7) is 2.10. The standard InChI is InChI=1S/C15H21N3O3/c1-10-5-6-13(21-10)15(20)18(9-14(17)19)8-11-3-2-4-12(16)7-11/h2-4,7,10,13H,5-6,8-9,16H2,1H3,(H2,17,19). The SMILES string of the molecule is CC1CCC(C(=O)N(CC(N)=O)Cc2cccc(N)c2)O1. The van der Waals surface area contributed by atoms with E-state index in [-0.39, 0.29) is 18.6 Å². The Morgan fingerprint density at radius 3 is 2.71 bits per heavy atom. The molecule has 2 unspecified atom stereocenters. The number of nitrogens with two attached hydrogens (primary N) is 2. The lowest BCUT2D eigenvalue weighted by Crippen LogP contribution is -2.43. The first-order valence-corrected chi connectivity index (χ1v) is 7.02. The quantitative estimate of drug-likeness (QED) is 0.778. The number of carbonyl (C=O) groups excluding carboxylic acids is 2. The van der Waals surface area contributed by atoms with E-state index in [9.17, 15) is 9.59 Å². The zero-order chi connectivity index (χ0) is 15.4. The van der Waals surface area contributed by atoms with Gasteiger partial charge in [0.25, 0.3) is 5.91 Å². The number of hydrogen-bond donors (Lipinski definition) is 2. The Morgan fingerprint density at radius 2 is 2.14 bits per heavy atom. The third-order valence-electron chi connectivity index (χ3n) is 3.49. The second-order valence-corrected chi connectivity index (χ2v) is 5.42. The minimum absolute atomic E-state index is 0.0711. The maximum Gasteiger partial charge on any atom is 0.252 e. The summed E-state index contributed by atoms with van der Waals surface area (Å²) in [6, 6.07) is 7.21. The zero-order valence-electron chi connectivity index (χ0n) is 12.1. The van der Waals surface area contributed by atoms with E-state index in [2.05, 4.69) is 0 Å². The molecule has 0 spiro atoms. The molecule has 21 heavy (non-hydrogen) atoms. The molecule has 114 valence electrons. The molecule has 4 N–H and O–H groups in total. The van der Waals surface area contributed by atoms with Crippen LogP contribution >= 0.6 is 0 Å². The third kappa shape index (κ3) is 4.19. The maximum atomic E-state index is 12.5. The van der Waals surface area contributed by atoms with Gasteiger partial charge in [0, 0.05) is 12.2 Å². The Kier molecular flexibility index (Phi) is 4.80. The summed E-state index contributed by atoms with van der Waals surface area (Å²) in [6.07, 6.45) is 1.10. The van der Waals surface area contributed by atoms with E-state index in [1.54, 1.807) is 12.1 Å². The minimum Gasteiger partial charge on any atom is -0.399 e. The number of nitrogen functional groups attached to an aromatic ring is 1. The molecule has 1 saturated heterocycles. The summed E-state index contributed by atoms with van der Waals surface area (Å²) in [5, 5.41) is 0. The van der Waals surface area contributed by atoms with Crippen LogP contribution in [0.15, 0.2) is 24.3 Å². The third-order valence-corrected chi connectivity index (χ3v) is 3.49. The fourth-order valence-corrected chi connectivity index (χ4v) is 2.50. The molecule has 2 amide bonds. The molecule has 1 aliphatic rings. The molecule has 0 saturated carbocycles. The van der Waals surface area contributed by atoms with Gasteiger partial charge in [-0.3, -0.25) is 9.59 Å². The Bertz CT molecular complexity index is 533. The molecule has 1 fully saturated rings. The van der Waals surface area contributed by atoms with Crippen molar-refractivity contribution in [2.24, 2.45) is 5.73 Å². The van der Waals surface area contributed by atoms with Crippen LogP contribution in [-0.2, 0) is 20.9 Å². The number of rotatable bonds is 5. The van der Waals surface area contributed by atoms with Crippen molar-refractivity contribution in [1.29, 1.82) is 0 Å². The van der Waals surface area contributed by atoms with E-state index < -0.39 is 12.0 Å². The normalized spacial score (nSPS) is 21.2. The van der Waals surface area contributed by atoms with E-state index in [4.69, 9.17) is 16.2 Å². The van der Waals surface area contributed by atoms with Crippen LogP contribution in [0.2, 0.25) is 0 Å². The van der Waals surface area contributed by atoms with Gasteiger partial charge in [0.1, 0.15) is 6.10 Å². The van der Waals surface area contributed by atoms with Gasteiger partial charge in [-0.25, -0.2) is 0 Å². The second-order valence-electron chi connectivity index (χ2n) is 5.42. The number of ether oxygens (including phenoxy) is 1. The van der Waals surface area contributed by atoms with Gasteiger partial charge in [-0.15, -0.1) is 0 Å². The predicted molar refractivity (Wildman–Crippen MR) is 79.0 cm³/mol. The minimum atomic E-state index is -0.543. The van der Waals surface area contributed by atoms with Gasteiger partial charge in [-0.05, 0) is 37.5 Å². The zero-order valence-corrected chi connectivity index (χ0v) is 12.1. The van der Waals surface area contributed by atoms with Crippen molar-refractivity contribution in [3.8, 4) is 0 Å². The highest BCUT2D eigenvalue weighted by atomic mass is 16.5. The topological polar surface area (TPSA) is 98.7 Å². The smallest absolute Gasteiger partial charge is 0.252 e. The molecule has 1 aliphatic heterocycles. The van der Waals surface area contributed by atoms with Crippen LogP contribution in [0.3, 0.4) is 0 Å². The number of carbonyl (C=O) groups is 2. The van der Waals surface area contributed by atoms with Crippen molar-refractivity contribution in [2.75, 3.05) is 12.3 Å². The van der Waals surface area contributed by atoms with Crippen LogP contribution in [0, 0.1) is 0 Å². The maximum absolute atomic E-state index is 12.5. The summed E-state index contributed by atoms with van der Waals surface area (Å²) in [4.78, 5) is 25.1. The number of anilines is 1. The largest absolute Gasteiger partial charge is 0.399 e. The summed E-state index contributed by atoms with van der Waals surface area (Å²) >= 11 is 0. The Morgan fingerprint density at radius 1 is 1.38 bits per heavy atom. The molecule has 0 bridgehead atoms. The van der Waals surface area contributed by atoms with E-state index in [1.807, 2.05) is 19.1 Å². The highest BCUT2D eigenvalue weighted by Gasteiger charge is 2.32. The number of amides is 2. The van der Waals surface area contributed by atoms with Gasteiger partial charge in [-0.2, -0.15) is 0 Å². The first kappa shape index (κ1) is 15.3. The molecule has 1 aromatic carbocycles. The molecular weight excluding hydrogens is 270 g/mol. The fraction of sp³-hybridized carbons (Fsp3) is 0.467. The van der Waals surface area contributed by atoms with Crippen LogP contribution in [0.25, 0.3) is 0 Å². The van der Waals surface area contributed by atoms with Gasteiger partial charge in [0.2, 0.25) is 5.91 Å². The van der Waals surface area contributed by atoms with E-state index >= 15 is 0 Å². The van der Waals surface area contributed by atoms with E-state index in [1.165, 1.54) is 4.90 Å². The first-order valence-electron chi connectivity index (χ1n) is 7.02. The van der Waals surface area contributed by atoms with Gasteiger partial charge < -0.3 is 21.1 Å². The van der Waals surface area contributed by atoms with E-state index in [0.29, 0.717) is 18.7 Å². The summed E-state index contributed by atoms with van der Waals surface area (Å²) in [7, 11) is 0. The second kappa shape index (κ2) is 6.58. The molecule has 0 aromatic heterocycles. The summed E-state index contributed by atoms with van der Waals surface area (Å²) in [5.41, 5.74) is 12.4. The Balaban J connectivity index is 2.10. The van der Waals surface area contributed by atoms with Crippen molar-refractivity contribution in [1.82, 2.24) is 4.90 Å². The average molecular weight is 291 g/mol. The molecule has 0 aliphatic carbocycles. The van der Waals surface area contributed by atoms with Crippen molar-refractivity contribution in [3.05, 3.63) is 29.8 Å². The fourth-order valence-electron chi connectivity index (χ4n) is 2.50. The van der Waals surface area contributed by atoms with Crippen molar-refractivity contribution < 1.29 is 14.3 Å². The molecule has 2 atom stereocenters. The van der Waals surface area contributed by atoms with Gasteiger partial charge >= 0.3 is 0 Å². The highest BCUT2D eigenvalue weighted by Crippen LogP contribution is 2.21. The van der Waals surface area contributed by atoms with Crippen LogP contribution in [0.5, 0.6) is 0 Å². The number of nitrogens with zero attached hydrogens (tertiary/aromatic N) is 1. The molecule has 1 aromatic rings. The lowest BCUT2D eigenvalue weighted by molar-refractivity contribution is -0.145. The van der Waals surface area contributed by atoms with Gasteiger partial charge in [0.15, 0.2) is 0 Å². The highest BCUT2D eigenvalue weighted by molar-refractivity contribution is 5.86. The number of hydrogen-bond acceptors (Lipinski definition) is 4. The molecule has 6 nitrogen and oxygen atoms in total. The van der Waals surface area contributed by atoms with Gasteiger partial charge in [-0.1, -0.05) is 12.1 Å². The Hall–Kier alpha value is -2.08. The van der Waals surface area contributed by atoms with Crippen LogP contribution in [-0.4, -0.2) is 35.5 Å². The Labute approximate surface area is 124 Å². The summed E-state index contributed by atoms with van der Waals surface area (Å²) in [5.74, 6) is -0.737. The average Bonchev–Trinajstić information content (AvgIpc) is 2.83. The summed E-state index contributed by atoms with van der Waals surface area (Å²) < 4.78 is 5.58. The van der Waals surface area contributed by atoms with Crippen molar-refractivity contribution >= 4 is 17.5 Å². The monoisotopic (exact) mass is 291 g/mol. The predicted octanol–water partition coefficient (Wildman–Crippen LogP) is 0.650. The lowest BCUT2D eigenvalue weighted by atomic mass is 10.1. The van der Waals surface area contributed by atoms with Crippen molar-refractivity contribution in [3.63, 3.8) is 0 Å². The molecule has 0 radical (unpaired) electrons. The molecular formula is C15H21N3O3. The molecule has 1 heterocycles. The van der Waals surface area contributed by atoms with Crippen LogP contribution in [0.1, 0.15) is 25.3 Å². The number of benzene rings is 1. The first-order chi connectivity index (χ1) is 9.95. The van der Waals surface area contributed by atoms with Crippen molar-refractivity contribution in [2.45, 2.75) is 38.5 Å². The van der Waals surface area contributed by atoms with Crippen LogP contribution < -0.4 is 11.5 Å². The molecule has 6 heteroatoms. The van der Waals surface area contributed by atoms with Crippen LogP contribution in [0.4, 0.5) is 5.69 Å². The lowest BCUT2D eigenvalue weighted by Gasteiger charge is -2.24. The molecule has 2 rings (SSSR count).